The van der Waals surface area contributed by atoms with E-state index in [1.54, 1.807) is 0 Å². The number of aromatic nitrogens is 2. The van der Waals surface area contributed by atoms with Gasteiger partial charge in [-0.2, -0.15) is 5.10 Å². The zero-order valence-corrected chi connectivity index (χ0v) is 16.8. The van der Waals surface area contributed by atoms with Crippen LogP contribution in [0, 0.1) is 17.3 Å². The van der Waals surface area contributed by atoms with E-state index in [0.717, 1.165) is 22.9 Å². The van der Waals surface area contributed by atoms with Crippen LogP contribution in [0.15, 0.2) is 11.0 Å². The minimum Gasteiger partial charge on any atom is -0.354 e. The molecule has 136 valence electrons. The molecular formula is C17H20BrCl2N3O2. The Morgan fingerprint density at radius 3 is 2.64 bits per heavy atom. The predicted octanol–water partition coefficient (Wildman–Crippen LogP) is 3.40. The number of amides is 1. The van der Waals surface area contributed by atoms with Crippen LogP contribution in [0.3, 0.4) is 0 Å². The van der Waals surface area contributed by atoms with Crippen molar-refractivity contribution in [3.05, 3.63) is 26.6 Å². The van der Waals surface area contributed by atoms with E-state index in [9.17, 15) is 9.59 Å². The molecule has 4 bridgehead atoms. The topological polar surface area (TPSA) is 64.0 Å². The second-order valence-corrected chi connectivity index (χ2v) is 10.6. The lowest BCUT2D eigenvalue weighted by atomic mass is 9.49. The largest absolute Gasteiger partial charge is 0.354 e. The average Bonchev–Trinajstić information content (AvgIpc) is 2.51. The Kier molecular flexibility index (Phi) is 4.44. The van der Waals surface area contributed by atoms with Gasteiger partial charge in [0.1, 0.15) is 11.6 Å². The van der Waals surface area contributed by atoms with Crippen LogP contribution in [0.5, 0.6) is 0 Å². The van der Waals surface area contributed by atoms with Gasteiger partial charge < -0.3 is 5.32 Å². The fourth-order valence-electron chi connectivity index (χ4n) is 5.58. The molecular weight excluding hydrogens is 429 g/mol. The van der Waals surface area contributed by atoms with Crippen molar-refractivity contribution in [2.24, 2.45) is 17.3 Å². The predicted molar refractivity (Wildman–Crippen MR) is 100 cm³/mol. The molecule has 4 aliphatic carbocycles. The maximum absolute atomic E-state index is 12.3. The van der Waals surface area contributed by atoms with Crippen LogP contribution in [0.1, 0.15) is 38.5 Å². The van der Waals surface area contributed by atoms with E-state index in [4.69, 9.17) is 23.2 Å². The Hall–Kier alpha value is -0.590. The van der Waals surface area contributed by atoms with Gasteiger partial charge in [-0.1, -0.05) is 39.1 Å². The van der Waals surface area contributed by atoms with Crippen molar-refractivity contribution >= 4 is 45.0 Å². The molecule has 1 amide bonds. The molecule has 5 nitrogen and oxygen atoms in total. The van der Waals surface area contributed by atoms with Gasteiger partial charge in [-0.15, -0.1) is 0 Å². The molecule has 0 aromatic carbocycles. The van der Waals surface area contributed by atoms with E-state index >= 15 is 0 Å². The summed E-state index contributed by atoms with van der Waals surface area (Å²) in [4.78, 5) is 24.3. The first-order valence-corrected chi connectivity index (χ1v) is 10.2. The van der Waals surface area contributed by atoms with E-state index in [2.05, 4.69) is 26.3 Å². The normalized spacial score (nSPS) is 35.8. The lowest BCUT2D eigenvalue weighted by Gasteiger charge is -2.60. The monoisotopic (exact) mass is 447 g/mol. The van der Waals surface area contributed by atoms with Crippen LogP contribution < -0.4 is 10.9 Å². The number of carbonyl (C=O) groups excluding carboxylic acids is 1. The number of nitrogens with one attached hydrogen (secondary N) is 1. The van der Waals surface area contributed by atoms with Crippen molar-refractivity contribution in [1.29, 1.82) is 0 Å². The molecule has 1 aromatic heterocycles. The summed E-state index contributed by atoms with van der Waals surface area (Å²) in [6, 6.07) is 0. The fourth-order valence-corrected chi connectivity index (χ4v) is 7.36. The minimum atomic E-state index is -0.543. The maximum atomic E-state index is 12.3. The molecule has 1 heterocycles. The Morgan fingerprint density at radius 2 is 2.00 bits per heavy atom. The van der Waals surface area contributed by atoms with Crippen molar-refractivity contribution < 1.29 is 4.79 Å². The number of alkyl halides is 1. The van der Waals surface area contributed by atoms with Crippen molar-refractivity contribution in [1.82, 2.24) is 15.1 Å². The molecule has 8 heteroatoms. The maximum Gasteiger partial charge on any atom is 0.287 e. The van der Waals surface area contributed by atoms with Gasteiger partial charge in [0, 0.05) is 10.9 Å². The Bertz CT molecular complexity index is 768. The van der Waals surface area contributed by atoms with E-state index < -0.39 is 5.56 Å². The van der Waals surface area contributed by atoms with Gasteiger partial charge in [0.2, 0.25) is 5.91 Å². The molecule has 1 N–H and O–H groups in total. The smallest absolute Gasteiger partial charge is 0.287 e. The zero-order chi connectivity index (χ0) is 17.8. The molecule has 0 radical (unpaired) electrons. The van der Waals surface area contributed by atoms with Crippen LogP contribution in [-0.4, -0.2) is 26.6 Å². The van der Waals surface area contributed by atoms with Gasteiger partial charge in [0.05, 0.1) is 11.2 Å². The van der Waals surface area contributed by atoms with Gasteiger partial charge in [0.15, 0.2) is 0 Å². The molecule has 4 saturated carbocycles. The highest BCUT2D eigenvalue weighted by atomic mass is 79.9. The summed E-state index contributed by atoms with van der Waals surface area (Å²) in [5.74, 6) is 1.33. The number of hydrogen-bond donors (Lipinski definition) is 1. The lowest BCUT2D eigenvalue weighted by Crippen LogP contribution is -2.56. The Balaban J connectivity index is 1.41. The molecule has 4 fully saturated rings. The lowest BCUT2D eigenvalue weighted by molar-refractivity contribution is -0.123. The molecule has 0 spiro atoms. The standard InChI is InChI=1S/C17H20BrCl2N3O2/c18-17-4-10-1-11(5-17)3-16(2-10,8-17)9-21-13(24)7-23-15(25)14(20)12(19)6-22-23/h6,10-11H,1-5,7-9H2,(H,21,24)/t10-,11-,16?,17?/m1/s1. The first-order chi connectivity index (χ1) is 11.8. The fraction of sp³-hybridized carbons (Fsp3) is 0.706. The van der Waals surface area contributed by atoms with E-state index in [1.165, 1.54) is 38.3 Å². The van der Waals surface area contributed by atoms with Gasteiger partial charge in [-0.3, -0.25) is 9.59 Å². The Labute approximate surface area is 164 Å². The summed E-state index contributed by atoms with van der Waals surface area (Å²) < 4.78 is 1.32. The van der Waals surface area contributed by atoms with Gasteiger partial charge in [-0.25, -0.2) is 4.68 Å². The van der Waals surface area contributed by atoms with Crippen LogP contribution in [0.25, 0.3) is 0 Å². The van der Waals surface area contributed by atoms with Crippen LogP contribution in [-0.2, 0) is 11.3 Å². The highest BCUT2D eigenvalue weighted by molar-refractivity contribution is 9.10. The first-order valence-electron chi connectivity index (χ1n) is 8.64. The van der Waals surface area contributed by atoms with Crippen LogP contribution in [0.4, 0.5) is 0 Å². The van der Waals surface area contributed by atoms with Gasteiger partial charge in [-0.05, 0) is 55.8 Å². The van der Waals surface area contributed by atoms with Gasteiger partial charge in [0.25, 0.3) is 5.56 Å². The number of carbonyl (C=O) groups is 1. The van der Waals surface area contributed by atoms with Crippen LogP contribution >= 0.6 is 39.1 Å². The summed E-state index contributed by atoms with van der Waals surface area (Å²) in [6.45, 7) is 0.528. The quantitative estimate of drug-likeness (QED) is 0.718. The third-order valence-electron chi connectivity index (χ3n) is 6.01. The first kappa shape index (κ1) is 17.8. The van der Waals surface area contributed by atoms with E-state index in [1.807, 2.05) is 0 Å². The SMILES string of the molecule is O=C(Cn1ncc(Cl)c(Cl)c1=O)NCC12C[C@H]3C[C@@H](CC(Br)(C3)C1)C2. The molecule has 1 aromatic rings. The molecule has 0 unspecified atom stereocenters. The van der Waals surface area contributed by atoms with Gasteiger partial charge >= 0.3 is 0 Å². The number of nitrogens with zero attached hydrogens (tertiary/aromatic N) is 2. The average molecular weight is 449 g/mol. The minimum absolute atomic E-state index is 0.0968. The molecule has 0 saturated heterocycles. The Morgan fingerprint density at radius 1 is 1.32 bits per heavy atom. The van der Waals surface area contributed by atoms with Crippen molar-refractivity contribution in [3.63, 3.8) is 0 Å². The third kappa shape index (κ3) is 3.37. The molecule has 25 heavy (non-hydrogen) atoms. The highest BCUT2D eigenvalue weighted by Gasteiger charge is 2.56. The summed E-state index contributed by atoms with van der Waals surface area (Å²) in [5.41, 5.74) is -0.349. The number of halogens is 3. The molecule has 5 rings (SSSR count). The van der Waals surface area contributed by atoms with E-state index in [-0.39, 0.29) is 32.2 Å². The number of hydrogen-bond acceptors (Lipinski definition) is 3. The summed E-state index contributed by atoms with van der Waals surface area (Å²) in [7, 11) is 0. The van der Waals surface area contributed by atoms with Crippen molar-refractivity contribution in [2.45, 2.75) is 49.4 Å². The van der Waals surface area contributed by atoms with E-state index in [0.29, 0.717) is 6.54 Å². The molecule has 2 atom stereocenters. The van der Waals surface area contributed by atoms with Crippen molar-refractivity contribution in [3.8, 4) is 0 Å². The highest BCUT2D eigenvalue weighted by Crippen LogP contribution is 2.64. The summed E-state index contributed by atoms with van der Waals surface area (Å²) in [5, 5.41) is 6.91. The van der Waals surface area contributed by atoms with Crippen LogP contribution in [0.2, 0.25) is 10.0 Å². The number of rotatable bonds is 4. The molecule has 4 aliphatic rings. The zero-order valence-electron chi connectivity index (χ0n) is 13.7. The van der Waals surface area contributed by atoms with Crippen molar-refractivity contribution in [2.75, 3.05) is 6.54 Å². The summed E-state index contributed by atoms with van der Waals surface area (Å²) >= 11 is 15.6. The molecule has 0 aliphatic heterocycles. The summed E-state index contributed by atoms with van der Waals surface area (Å²) in [6.07, 6.45) is 8.67. The second-order valence-electron chi connectivity index (χ2n) is 8.16. The third-order valence-corrected chi connectivity index (χ3v) is 7.68. The second kappa shape index (κ2) is 6.24.